The number of ether oxygens (including phenoxy) is 2. The summed E-state index contributed by atoms with van der Waals surface area (Å²) >= 11 is 0. The number of hydrogen-bond donors (Lipinski definition) is 1. The van der Waals surface area contributed by atoms with Gasteiger partial charge in [-0.25, -0.2) is 4.79 Å². The lowest BCUT2D eigenvalue weighted by Gasteiger charge is -2.55. The summed E-state index contributed by atoms with van der Waals surface area (Å²) in [5.41, 5.74) is 0.383. The molecule has 0 aromatic heterocycles. The highest BCUT2D eigenvalue weighted by atomic mass is 16.7. The molecule has 0 radical (unpaired) electrons. The normalized spacial score (nSPS) is 39.5. The van der Waals surface area contributed by atoms with Gasteiger partial charge in [-0.05, 0) is 93.6 Å². The Morgan fingerprint density at radius 3 is 2.83 bits per heavy atom. The van der Waals surface area contributed by atoms with Gasteiger partial charge in [-0.15, -0.1) is 6.42 Å². The number of hydrogen-bond acceptors (Lipinski definition) is 4. The van der Waals surface area contributed by atoms with Crippen molar-refractivity contribution in [2.24, 2.45) is 29.1 Å². The van der Waals surface area contributed by atoms with E-state index >= 15 is 0 Å². The van der Waals surface area contributed by atoms with Crippen molar-refractivity contribution in [2.75, 3.05) is 6.61 Å². The molecule has 0 amide bonds. The molecule has 0 aromatic rings. The summed E-state index contributed by atoms with van der Waals surface area (Å²) in [6.45, 7) is 4.69. The second kappa shape index (κ2) is 8.42. The maximum Gasteiger partial charge on any atom is 0.513 e. The Labute approximate surface area is 181 Å². The summed E-state index contributed by atoms with van der Waals surface area (Å²) in [4.78, 5) is 11.9. The fraction of sp³-hybridized carbons (Fsp3) is 0.731. The largest absolute Gasteiger partial charge is 0.513 e. The van der Waals surface area contributed by atoms with Gasteiger partial charge in [-0.2, -0.15) is 0 Å². The van der Waals surface area contributed by atoms with E-state index in [1.807, 2.05) is 0 Å². The molecule has 0 aliphatic heterocycles. The molecule has 0 saturated heterocycles. The van der Waals surface area contributed by atoms with E-state index in [-0.39, 0.29) is 5.41 Å². The predicted molar refractivity (Wildman–Crippen MR) is 116 cm³/mol. The van der Waals surface area contributed by atoms with E-state index in [2.05, 4.69) is 31.9 Å². The SMILES string of the molecule is C#CC1(O)CCC2C3CCC4=CC(OC(=O)OCCCC)=CCC4C3CCC21CC. The number of fused-ring (bicyclic) bond motifs is 5. The molecule has 0 heterocycles. The van der Waals surface area contributed by atoms with Crippen molar-refractivity contribution in [3.8, 4) is 12.3 Å². The summed E-state index contributed by atoms with van der Waals surface area (Å²) in [6.07, 6.45) is 19.3. The van der Waals surface area contributed by atoms with E-state index in [1.54, 1.807) is 0 Å². The first-order valence-electron chi connectivity index (χ1n) is 11.9. The lowest BCUT2D eigenvalue weighted by molar-refractivity contribution is -0.0984. The lowest BCUT2D eigenvalue weighted by atomic mass is 9.49. The van der Waals surface area contributed by atoms with Crippen molar-refractivity contribution in [3.05, 3.63) is 23.5 Å². The van der Waals surface area contributed by atoms with Gasteiger partial charge in [0.25, 0.3) is 0 Å². The Bertz CT molecular complexity index is 774. The monoisotopic (exact) mass is 412 g/mol. The molecule has 3 saturated carbocycles. The predicted octanol–water partition coefficient (Wildman–Crippen LogP) is 5.76. The van der Waals surface area contributed by atoms with E-state index in [0.717, 1.165) is 64.2 Å². The van der Waals surface area contributed by atoms with Crippen LogP contribution in [0.5, 0.6) is 0 Å². The molecule has 0 spiro atoms. The van der Waals surface area contributed by atoms with Gasteiger partial charge >= 0.3 is 6.16 Å². The molecule has 6 unspecified atom stereocenters. The zero-order valence-electron chi connectivity index (χ0n) is 18.5. The van der Waals surface area contributed by atoms with Crippen LogP contribution < -0.4 is 0 Å². The van der Waals surface area contributed by atoms with E-state index < -0.39 is 11.8 Å². The molecule has 1 N–H and O–H groups in total. The molecule has 6 atom stereocenters. The Morgan fingerprint density at radius 1 is 1.27 bits per heavy atom. The third kappa shape index (κ3) is 3.40. The molecule has 4 heteroatoms. The van der Waals surface area contributed by atoms with Crippen LogP contribution >= 0.6 is 0 Å². The smallest absolute Gasteiger partial charge is 0.434 e. The average Bonchev–Trinajstić information content (AvgIpc) is 3.07. The van der Waals surface area contributed by atoms with Gasteiger partial charge < -0.3 is 14.6 Å². The number of unbranched alkanes of at least 4 members (excludes halogenated alkanes) is 1. The van der Waals surface area contributed by atoms with Crippen LogP contribution in [-0.4, -0.2) is 23.5 Å². The van der Waals surface area contributed by atoms with Crippen LogP contribution in [0.3, 0.4) is 0 Å². The second-order valence-corrected chi connectivity index (χ2v) is 9.79. The van der Waals surface area contributed by atoms with Gasteiger partial charge in [0.1, 0.15) is 11.4 Å². The highest BCUT2D eigenvalue weighted by Gasteiger charge is 2.63. The first-order valence-corrected chi connectivity index (χ1v) is 11.9. The molecule has 0 bridgehead atoms. The third-order valence-corrected chi connectivity index (χ3v) is 8.79. The molecule has 3 fully saturated rings. The number of carbonyl (C=O) groups is 1. The molecule has 4 nitrogen and oxygen atoms in total. The van der Waals surface area contributed by atoms with Crippen molar-refractivity contribution in [1.82, 2.24) is 0 Å². The van der Waals surface area contributed by atoms with Crippen molar-refractivity contribution in [1.29, 1.82) is 0 Å². The van der Waals surface area contributed by atoms with Crippen LogP contribution in [-0.2, 0) is 9.47 Å². The van der Waals surface area contributed by atoms with Crippen LogP contribution in [0.2, 0.25) is 0 Å². The number of rotatable bonds is 5. The second-order valence-electron chi connectivity index (χ2n) is 9.79. The van der Waals surface area contributed by atoms with Gasteiger partial charge in [-0.1, -0.05) is 31.8 Å². The van der Waals surface area contributed by atoms with E-state index in [9.17, 15) is 9.90 Å². The van der Waals surface area contributed by atoms with Crippen molar-refractivity contribution in [3.63, 3.8) is 0 Å². The minimum absolute atomic E-state index is 0.106. The van der Waals surface area contributed by atoms with Gasteiger partial charge in [0.15, 0.2) is 0 Å². The Kier molecular flexibility index (Phi) is 6.04. The molecular weight excluding hydrogens is 376 g/mol. The highest BCUT2D eigenvalue weighted by Crippen LogP contribution is 2.66. The molecule has 164 valence electrons. The Hall–Kier alpha value is -1.73. The van der Waals surface area contributed by atoms with Crippen LogP contribution in [0, 0.1) is 41.4 Å². The molecule has 0 aromatic carbocycles. The summed E-state index contributed by atoms with van der Waals surface area (Å²) in [5, 5.41) is 11.2. The quantitative estimate of drug-likeness (QED) is 0.354. The number of aliphatic hydroxyl groups is 1. The summed E-state index contributed by atoms with van der Waals surface area (Å²) in [7, 11) is 0. The van der Waals surface area contributed by atoms with Crippen LogP contribution in [0.25, 0.3) is 0 Å². The summed E-state index contributed by atoms with van der Waals surface area (Å²) in [6, 6.07) is 0. The fourth-order valence-corrected chi connectivity index (χ4v) is 7.29. The molecule has 4 aliphatic rings. The highest BCUT2D eigenvalue weighted by molar-refractivity contribution is 5.62. The summed E-state index contributed by atoms with van der Waals surface area (Å²) in [5.74, 6) is 5.78. The minimum atomic E-state index is -0.931. The van der Waals surface area contributed by atoms with E-state index in [0.29, 0.717) is 36.0 Å². The maximum atomic E-state index is 11.9. The van der Waals surface area contributed by atoms with E-state index in [1.165, 1.54) is 5.57 Å². The lowest BCUT2D eigenvalue weighted by Crippen LogP contribution is -2.53. The third-order valence-electron chi connectivity index (χ3n) is 8.79. The Morgan fingerprint density at radius 2 is 2.10 bits per heavy atom. The maximum absolute atomic E-state index is 11.9. The zero-order valence-corrected chi connectivity index (χ0v) is 18.5. The number of terminal acetylenes is 1. The number of allylic oxidation sites excluding steroid dienone is 3. The molecule has 4 rings (SSSR count). The Balaban J connectivity index is 1.45. The first-order chi connectivity index (χ1) is 14.5. The zero-order chi connectivity index (χ0) is 21.4. The van der Waals surface area contributed by atoms with Crippen molar-refractivity contribution < 1.29 is 19.4 Å². The standard InChI is InChI=1S/C26H36O4/c1-4-7-16-29-24(27)30-19-9-11-20-18(17-19)8-10-22-21(20)12-14-25(5-2)23(22)13-15-26(25,28)6-3/h3,9,17,20-23,28H,4-5,7-8,10-16H2,1-2H3. The molecule has 4 aliphatic carbocycles. The average molecular weight is 413 g/mol. The topological polar surface area (TPSA) is 55.8 Å². The van der Waals surface area contributed by atoms with Crippen LogP contribution in [0.15, 0.2) is 23.5 Å². The van der Waals surface area contributed by atoms with Crippen LogP contribution in [0.4, 0.5) is 4.79 Å². The van der Waals surface area contributed by atoms with Crippen molar-refractivity contribution in [2.45, 2.75) is 83.7 Å². The van der Waals surface area contributed by atoms with Gasteiger partial charge in [0.2, 0.25) is 0 Å². The fourth-order valence-electron chi connectivity index (χ4n) is 7.29. The first kappa shape index (κ1) is 21.5. The van der Waals surface area contributed by atoms with Gasteiger partial charge in [0, 0.05) is 5.41 Å². The number of carbonyl (C=O) groups excluding carboxylic acids is 1. The minimum Gasteiger partial charge on any atom is -0.434 e. The molecular formula is C26H36O4. The van der Waals surface area contributed by atoms with Crippen LogP contribution in [0.1, 0.15) is 78.1 Å². The summed E-state index contributed by atoms with van der Waals surface area (Å²) < 4.78 is 10.6. The van der Waals surface area contributed by atoms with Gasteiger partial charge in [0.05, 0.1) is 6.61 Å². The molecule has 30 heavy (non-hydrogen) atoms. The van der Waals surface area contributed by atoms with E-state index in [4.69, 9.17) is 15.9 Å². The van der Waals surface area contributed by atoms with Crippen molar-refractivity contribution >= 4 is 6.16 Å². The van der Waals surface area contributed by atoms with Gasteiger partial charge in [-0.3, -0.25) is 0 Å².